The molecule has 102 valence electrons. The minimum Gasteiger partial charge on any atom is -0.486 e. The summed E-state index contributed by atoms with van der Waals surface area (Å²) < 4.78 is 16.2. The van der Waals surface area contributed by atoms with E-state index >= 15 is 0 Å². The number of carbonyl (C=O) groups excluding carboxylic acids is 1. The van der Waals surface area contributed by atoms with E-state index in [1.807, 2.05) is 18.2 Å². The number of allylic oxidation sites excluding steroid dienone is 1. The third-order valence-corrected chi connectivity index (χ3v) is 2.98. The smallest absolute Gasteiger partial charge is 0.221 e. The number of fused-ring (bicyclic) bond motifs is 1. The van der Waals surface area contributed by atoms with Crippen LogP contribution in [0.15, 0.2) is 40.8 Å². The highest BCUT2D eigenvalue weighted by Gasteiger charge is 2.11. The molecule has 1 aliphatic heterocycles. The average Bonchev–Trinajstić information content (AvgIpc) is 2.91. The van der Waals surface area contributed by atoms with Gasteiger partial charge in [0, 0.05) is 0 Å². The fourth-order valence-corrected chi connectivity index (χ4v) is 1.98. The van der Waals surface area contributed by atoms with Crippen molar-refractivity contribution in [3.8, 4) is 11.5 Å². The lowest BCUT2D eigenvalue weighted by molar-refractivity contribution is 0.102. The van der Waals surface area contributed by atoms with Gasteiger partial charge in [0.15, 0.2) is 17.3 Å². The molecule has 0 bridgehead atoms. The van der Waals surface area contributed by atoms with Crippen molar-refractivity contribution in [1.82, 2.24) is 0 Å². The molecule has 20 heavy (non-hydrogen) atoms. The number of rotatable bonds is 3. The minimum absolute atomic E-state index is 0.159. The first-order valence-corrected chi connectivity index (χ1v) is 6.41. The number of benzene rings is 1. The summed E-state index contributed by atoms with van der Waals surface area (Å²) in [5, 5.41) is 0. The number of hydrogen-bond acceptors (Lipinski definition) is 4. The van der Waals surface area contributed by atoms with Gasteiger partial charge in [-0.05, 0) is 42.8 Å². The predicted molar refractivity (Wildman–Crippen MR) is 74.2 cm³/mol. The summed E-state index contributed by atoms with van der Waals surface area (Å²) in [7, 11) is 0. The molecule has 0 saturated heterocycles. The Bertz CT molecular complexity index is 667. The standard InChI is InChI=1S/C16H14O4/c1-11-2-6-14(20-11)13(17)5-3-12-4-7-15-16(10-12)19-9-8-18-15/h2-7,10H,8-9H2,1H3/b5-3+. The van der Waals surface area contributed by atoms with Crippen molar-refractivity contribution >= 4 is 11.9 Å². The minimum atomic E-state index is -0.159. The van der Waals surface area contributed by atoms with E-state index in [1.165, 1.54) is 6.08 Å². The van der Waals surface area contributed by atoms with E-state index in [-0.39, 0.29) is 5.78 Å². The van der Waals surface area contributed by atoms with Crippen molar-refractivity contribution < 1.29 is 18.7 Å². The van der Waals surface area contributed by atoms with Gasteiger partial charge in [-0.1, -0.05) is 12.1 Å². The zero-order chi connectivity index (χ0) is 13.9. The zero-order valence-corrected chi connectivity index (χ0v) is 11.1. The van der Waals surface area contributed by atoms with E-state index in [0.717, 1.165) is 17.1 Å². The molecule has 2 aromatic rings. The van der Waals surface area contributed by atoms with E-state index in [4.69, 9.17) is 13.9 Å². The summed E-state index contributed by atoms with van der Waals surface area (Å²) in [6.07, 6.45) is 3.22. The highest BCUT2D eigenvalue weighted by Crippen LogP contribution is 2.31. The second-order valence-corrected chi connectivity index (χ2v) is 4.51. The van der Waals surface area contributed by atoms with E-state index in [1.54, 1.807) is 25.1 Å². The van der Waals surface area contributed by atoms with Gasteiger partial charge in [0.05, 0.1) is 0 Å². The largest absolute Gasteiger partial charge is 0.486 e. The molecule has 1 aliphatic rings. The highest BCUT2D eigenvalue weighted by molar-refractivity contribution is 6.04. The van der Waals surface area contributed by atoms with Crippen molar-refractivity contribution in [2.75, 3.05) is 13.2 Å². The molecule has 0 aliphatic carbocycles. The first-order valence-electron chi connectivity index (χ1n) is 6.41. The van der Waals surface area contributed by atoms with Crippen molar-refractivity contribution in [3.63, 3.8) is 0 Å². The summed E-state index contributed by atoms with van der Waals surface area (Å²) in [6.45, 7) is 2.92. The zero-order valence-electron chi connectivity index (χ0n) is 11.1. The van der Waals surface area contributed by atoms with Gasteiger partial charge in [0.2, 0.25) is 5.78 Å². The molecule has 0 unspecified atom stereocenters. The Labute approximate surface area is 116 Å². The summed E-state index contributed by atoms with van der Waals surface area (Å²) in [5.41, 5.74) is 0.880. The lowest BCUT2D eigenvalue weighted by Gasteiger charge is -2.18. The average molecular weight is 270 g/mol. The van der Waals surface area contributed by atoms with Crippen molar-refractivity contribution in [3.05, 3.63) is 53.5 Å². The van der Waals surface area contributed by atoms with E-state index in [2.05, 4.69) is 0 Å². The monoisotopic (exact) mass is 270 g/mol. The van der Waals surface area contributed by atoms with Crippen LogP contribution in [-0.2, 0) is 0 Å². The van der Waals surface area contributed by atoms with Crippen LogP contribution < -0.4 is 9.47 Å². The molecule has 4 nitrogen and oxygen atoms in total. The normalized spacial score (nSPS) is 13.7. The molecule has 0 fully saturated rings. The molecule has 0 saturated carbocycles. The molecular formula is C16H14O4. The van der Waals surface area contributed by atoms with E-state index in [9.17, 15) is 4.79 Å². The topological polar surface area (TPSA) is 48.7 Å². The first-order chi connectivity index (χ1) is 9.72. The maximum Gasteiger partial charge on any atom is 0.221 e. The Morgan fingerprint density at radius 1 is 1.10 bits per heavy atom. The van der Waals surface area contributed by atoms with Crippen molar-refractivity contribution in [2.45, 2.75) is 6.92 Å². The number of carbonyl (C=O) groups is 1. The molecule has 0 atom stereocenters. The van der Waals surface area contributed by atoms with Gasteiger partial charge in [-0.3, -0.25) is 4.79 Å². The first kappa shape index (κ1) is 12.5. The van der Waals surface area contributed by atoms with Crippen LogP contribution in [0.25, 0.3) is 6.08 Å². The predicted octanol–water partition coefficient (Wildman–Crippen LogP) is 3.26. The summed E-state index contributed by atoms with van der Waals surface area (Å²) >= 11 is 0. The Kier molecular flexibility index (Phi) is 3.29. The molecule has 3 rings (SSSR count). The highest BCUT2D eigenvalue weighted by atomic mass is 16.6. The van der Waals surface area contributed by atoms with Crippen LogP contribution in [0.4, 0.5) is 0 Å². The van der Waals surface area contributed by atoms with Crippen LogP contribution in [0, 0.1) is 6.92 Å². The van der Waals surface area contributed by atoms with Gasteiger partial charge in [0.25, 0.3) is 0 Å². The quantitative estimate of drug-likeness (QED) is 0.634. The summed E-state index contributed by atoms with van der Waals surface area (Å²) in [6, 6.07) is 9.02. The Morgan fingerprint density at radius 2 is 1.90 bits per heavy atom. The maximum absolute atomic E-state index is 11.9. The molecule has 0 N–H and O–H groups in total. The summed E-state index contributed by atoms with van der Waals surface area (Å²) in [5.74, 6) is 2.35. The Morgan fingerprint density at radius 3 is 2.65 bits per heavy atom. The van der Waals surface area contributed by atoms with Crippen LogP contribution in [0.2, 0.25) is 0 Å². The molecule has 4 heteroatoms. The maximum atomic E-state index is 11.9. The van der Waals surface area contributed by atoms with Gasteiger partial charge in [-0.2, -0.15) is 0 Å². The van der Waals surface area contributed by atoms with Crippen LogP contribution in [-0.4, -0.2) is 19.0 Å². The molecule has 1 aromatic carbocycles. The van der Waals surface area contributed by atoms with Crippen LogP contribution in [0.5, 0.6) is 11.5 Å². The van der Waals surface area contributed by atoms with E-state index < -0.39 is 0 Å². The second kappa shape index (κ2) is 5.25. The van der Waals surface area contributed by atoms with Crippen LogP contribution in [0.1, 0.15) is 21.9 Å². The molecule has 0 spiro atoms. The number of ketones is 1. The Hall–Kier alpha value is -2.49. The fourth-order valence-electron chi connectivity index (χ4n) is 1.98. The molecule has 0 radical (unpaired) electrons. The van der Waals surface area contributed by atoms with Gasteiger partial charge >= 0.3 is 0 Å². The molecule has 1 aromatic heterocycles. The second-order valence-electron chi connectivity index (χ2n) is 4.51. The number of aryl methyl sites for hydroxylation is 1. The lowest BCUT2D eigenvalue weighted by atomic mass is 10.1. The summed E-state index contributed by atoms with van der Waals surface area (Å²) in [4.78, 5) is 11.9. The number of ether oxygens (including phenoxy) is 2. The lowest BCUT2D eigenvalue weighted by Crippen LogP contribution is -2.15. The van der Waals surface area contributed by atoms with Gasteiger partial charge in [0.1, 0.15) is 19.0 Å². The van der Waals surface area contributed by atoms with Gasteiger partial charge in [-0.25, -0.2) is 0 Å². The third kappa shape index (κ3) is 2.59. The van der Waals surface area contributed by atoms with Gasteiger partial charge < -0.3 is 13.9 Å². The SMILES string of the molecule is Cc1ccc(C(=O)/C=C/c2ccc3c(c2)OCCO3)o1. The van der Waals surface area contributed by atoms with Crippen molar-refractivity contribution in [1.29, 1.82) is 0 Å². The molecule has 2 heterocycles. The third-order valence-electron chi connectivity index (χ3n) is 2.98. The number of furan rings is 1. The van der Waals surface area contributed by atoms with Crippen molar-refractivity contribution in [2.24, 2.45) is 0 Å². The fraction of sp³-hybridized carbons (Fsp3) is 0.188. The van der Waals surface area contributed by atoms with E-state index in [0.29, 0.717) is 24.7 Å². The van der Waals surface area contributed by atoms with Crippen LogP contribution in [0.3, 0.4) is 0 Å². The van der Waals surface area contributed by atoms with Crippen LogP contribution >= 0.6 is 0 Å². The molecule has 0 amide bonds. The van der Waals surface area contributed by atoms with Gasteiger partial charge in [-0.15, -0.1) is 0 Å². The molecular weight excluding hydrogens is 256 g/mol. The Balaban J connectivity index is 1.77. The number of hydrogen-bond donors (Lipinski definition) is 0.